The number of carbonyl (C=O) groups is 2. The zero-order chi connectivity index (χ0) is 19.5. The summed E-state index contributed by atoms with van der Waals surface area (Å²) in [5.74, 6) is -0.255. The highest BCUT2D eigenvalue weighted by Crippen LogP contribution is 2.40. The Balaban J connectivity index is 1.42. The van der Waals surface area contributed by atoms with E-state index in [0.717, 1.165) is 12.0 Å². The maximum atomic E-state index is 12.9. The standard InChI is InChI=1S/C22H29NO5/c1-26-19-10-3-2-8-16(19)21-17(13-20(24)28-21)22(25)27-14-15-7-6-12-23-11-5-4-9-18(15)23/h2-3,8,10,15,17-18,21H,4-7,9,11-14H2,1H3/p+1/t15-,17+,18-,21+/m1/s1. The van der Waals surface area contributed by atoms with E-state index in [2.05, 4.69) is 0 Å². The highest BCUT2D eigenvalue weighted by Gasteiger charge is 2.44. The average molecular weight is 388 g/mol. The normalized spacial score (nSPS) is 32.3. The van der Waals surface area contributed by atoms with Crippen molar-refractivity contribution in [2.24, 2.45) is 11.8 Å². The molecule has 3 heterocycles. The fourth-order valence-corrected chi connectivity index (χ4v) is 5.22. The molecular formula is C22H30NO5+. The molecule has 3 saturated heterocycles. The molecule has 3 fully saturated rings. The van der Waals surface area contributed by atoms with E-state index in [1.54, 1.807) is 12.0 Å². The Morgan fingerprint density at radius 1 is 1.18 bits per heavy atom. The van der Waals surface area contributed by atoms with Crippen molar-refractivity contribution in [2.75, 3.05) is 26.8 Å². The van der Waals surface area contributed by atoms with Crippen molar-refractivity contribution in [3.63, 3.8) is 0 Å². The fraction of sp³-hybridized carbons (Fsp3) is 0.636. The van der Waals surface area contributed by atoms with Gasteiger partial charge in [-0.2, -0.15) is 0 Å². The highest BCUT2D eigenvalue weighted by molar-refractivity contribution is 5.84. The molecule has 1 unspecified atom stereocenters. The van der Waals surface area contributed by atoms with Gasteiger partial charge in [-0.15, -0.1) is 0 Å². The smallest absolute Gasteiger partial charge is 0.313 e. The van der Waals surface area contributed by atoms with E-state index in [1.165, 1.54) is 38.8 Å². The molecule has 0 saturated carbocycles. The first-order chi connectivity index (χ1) is 13.7. The van der Waals surface area contributed by atoms with E-state index in [9.17, 15) is 9.59 Å². The van der Waals surface area contributed by atoms with Gasteiger partial charge in [0, 0.05) is 11.5 Å². The third kappa shape index (κ3) is 3.88. The van der Waals surface area contributed by atoms with Crippen LogP contribution in [0.5, 0.6) is 5.75 Å². The third-order valence-corrected chi connectivity index (χ3v) is 6.63. The van der Waals surface area contributed by atoms with E-state index in [4.69, 9.17) is 14.2 Å². The van der Waals surface area contributed by atoms with Crippen molar-refractivity contribution in [1.29, 1.82) is 0 Å². The number of para-hydroxylation sites is 1. The van der Waals surface area contributed by atoms with Crippen molar-refractivity contribution in [1.82, 2.24) is 0 Å². The number of hydrogen-bond acceptors (Lipinski definition) is 5. The second kappa shape index (κ2) is 8.52. The third-order valence-electron chi connectivity index (χ3n) is 6.63. The first-order valence-corrected chi connectivity index (χ1v) is 10.5. The molecule has 1 N–H and O–H groups in total. The van der Waals surface area contributed by atoms with Crippen LogP contribution in [0.1, 0.15) is 50.2 Å². The topological polar surface area (TPSA) is 66.3 Å². The summed E-state index contributed by atoms with van der Waals surface area (Å²) in [5, 5.41) is 0. The van der Waals surface area contributed by atoms with Gasteiger partial charge in [0.05, 0.1) is 39.3 Å². The number of nitrogens with one attached hydrogen (secondary N) is 1. The lowest BCUT2D eigenvalue weighted by molar-refractivity contribution is -0.940. The molecule has 28 heavy (non-hydrogen) atoms. The maximum Gasteiger partial charge on any atom is 0.313 e. The average Bonchev–Trinajstić information content (AvgIpc) is 3.13. The van der Waals surface area contributed by atoms with Crippen molar-refractivity contribution in [3.05, 3.63) is 29.8 Å². The van der Waals surface area contributed by atoms with E-state index in [-0.39, 0.29) is 18.4 Å². The summed E-state index contributed by atoms with van der Waals surface area (Å²) in [6, 6.07) is 7.98. The zero-order valence-electron chi connectivity index (χ0n) is 16.5. The number of esters is 2. The van der Waals surface area contributed by atoms with Gasteiger partial charge < -0.3 is 19.1 Å². The minimum absolute atomic E-state index is 0.0625. The molecule has 3 aliphatic heterocycles. The molecule has 5 atom stereocenters. The van der Waals surface area contributed by atoms with Crippen LogP contribution in [0.3, 0.4) is 0 Å². The first-order valence-electron chi connectivity index (χ1n) is 10.5. The van der Waals surface area contributed by atoms with Gasteiger partial charge in [-0.1, -0.05) is 18.2 Å². The van der Waals surface area contributed by atoms with E-state index >= 15 is 0 Å². The van der Waals surface area contributed by atoms with Gasteiger partial charge in [-0.05, 0) is 38.2 Å². The van der Waals surface area contributed by atoms with Gasteiger partial charge in [-0.3, -0.25) is 9.59 Å². The van der Waals surface area contributed by atoms with Crippen molar-refractivity contribution in [2.45, 2.75) is 50.7 Å². The van der Waals surface area contributed by atoms with Crippen molar-refractivity contribution >= 4 is 11.9 Å². The minimum Gasteiger partial charge on any atom is -0.496 e. The number of methoxy groups -OCH3 is 1. The number of quaternary nitrogens is 1. The molecule has 1 aromatic carbocycles. The van der Waals surface area contributed by atoms with Crippen LogP contribution in [0.25, 0.3) is 0 Å². The van der Waals surface area contributed by atoms with Crippen LogP contribution < -0.4 is 9.64 Å². The van der Waals surface area contributed by atoms with Crippen LogP contribution in [0.4, 0.5) is 0 Å². The predicted octanol–water partition coefficient (Wildman–Crippen LogP) is 1.69. The summed E-state index contributed by atoms with van der Waals surface area (Å²) < 4.78 is 16.6. The molecule has 0 spiro atoms. The number of cyclic esters (lactones) is 1. The quantitative estimate of drug-likeness (QED) is 0.778. The van der Waals surface area contributed by atoms with Crippen LogP contribution in [0.15, 0.2) is 24.3 Å². The lowest BCUT2D eigenvalue weighted by Crippen LogP contribution is -3.18. The molecule has 1 aromatic rings. The lowest BCUT2D eigenvalue weighted by atomic mass is 9.84. The summed E-state index contributed by atoms with van der Waals surface area (Å²) in [6.45, 7) is 2.95. The Bertz CT molecular complexity index is 719. The molecule has 0 radical (unpaired) electrons. The Hall–Kier alpha value is -2.08. The highest BCUT2D eigenvalue weighted by atomic mass is 16.6. The molecule has 3 aliphatic rings. The van der Waals surface area contributed by atoms with Gasteiger partial charge in [0.15, 0.2) is 0 Å². The SMILES string of the molecule is COc1ccccc1[C@@H]1OC(=O)C[C@@H]1C(=O)OC[C@H]1CCC[NH+]2CCCC[C@H]12. The Morgan fingerprint density at radius 3 is 2.86 bits per heavy atom. The van der Waals surface area contributed by atoms with Gasteiger partial charge in [0.1, 0.15) is 17.8 Å². The molecule has 4 rings (SSSR count). The Labute approximate surface area is 166 Å². The van der Waals surface area contributed by atoms with Crippen molar-refractivity contribution < 1.29 is 28.7 Å². The molecule has 152 valence electrons. The Kier molecular flexibility index (Phi) is 5.85. The molecular weight excluding hydrogens is 358 g/mol. The van der Waals surface area contributed by atoms with E-state index in [1.807, 2.05) is 24.3 Å². The molecule has 6 nitrogen and oxygen atoms in total. The van der Waals surface area contributed by atoms with Crippen molar-refractivity contribution in [3.8, 4) is 5.75 Å². The summed E-state index contributed by atoms with van der Waals surface area (Å²) >= 11 is 0. The summed E-state index contributed by atoms with van der Waals surface area (Å²) in [5.41, 5.74) is 0.721. The maximum absolute atomic E-state index is 12.9. The van der Waals surface area contributed by atoms with Crippen LogP contribution in [0, 0.1) is 11.8 Å². The van der Waals surface area contributed by atoms with Gasteiger partial charge >= 0.3 is 11.9 Å². The van der Waals surface area contributed by atoms with Crippen LogP contribution in [-0.4, -0.2) is 44.8 Å². The number of ether oxygens (including phenoxy) is 3. The number of hydrogen-bond donors (Lipinski definition) is 1. The van der Waals surface area contributed by atoms with Crippen LogP contribution in [-0.2, 0) is 19.1 Å². The number of rotatable bonds is 5. The Morgan fingerprint density at radius 2 is 2.00 bits per heavy atom. The second-order valence-electron chi connectivity index (χ2n) is 8.26. The number of fused-ring (bicyclic) bond motifs is 1. The summed E-state index contributed by atoms with van der Waals surface area (Å²) in [4.78, 5) is 26.5. The monoisotopic (exact) mass is 388 g/mol. The van der Waals surface area contributed by atoms with Gasteiger partial charge in [0.25, 0.3) is 0 Å². The first kappa shape index (κ1) is 19.2. The molecule has 0 aromatic heterocycles. The minimum atomic E-state index is -0.640. The van der Waals surface area contributed by atoms with E-state index in [0.29, 0.717) is 24.3 Å². The van der Waals surface area contributed by atoms with Crippen LogP contribution >= 0.6 is 0 Å². The largest absolute Gasteiger partial charge is 0.496 e. The molecule has 6 heteroatoms. The molecule has 0 aliphatic carbocycles. The zero-order valence-corrected chi connectivity index (χ0v) is 16.5. The lowest BCUT2D eigenvalue weighted by Gasteiger charge is -2.41. The summed E-state index contributed by atoms with van der Waals surface area (Å²) in [6.07, 6.45) is 5.55. The van der Waals surface area contributed by atoms with Gasteiger partial charge in [0.2, 0.25) is 0 Å². The number of piperidine rings is 2. The second-order valence-corrected chi connectivity index (χ2v) is 8.26. The fourth-order valence-electron chi connectivity index (χ4n) is 5.22. The molecule has 0 bridgehead atoms. The number of carbonyl (C=O) groups excluding carboxylic acids is 2. The number of benzene rings is 1. The van der Waals surface area contributed by atoms with Crippen LogP contribution in [0.2, 0.25) is 0 Å². The van der Waals surface area contributed by atoms with E-state index < -0.39 is 12.0 Å². The summed E-state index contributed by atoms with van der Waals surface area (Å²) in [7, 11) is 1.57. The van der Waals surface area contributed by atoms with Gasteiger partial charge in [-0.25, -0.2) is 0 Å². The molecule has 0 amide bonds. The predicted molar refractivity (Wildman–Crippen MR) is 102 cm³/mol.